The second-order valence-electron chi connectivity index (χ2n) is 14.8. The number of ketones is 1. The van der Waals surface area contributed by atoms with E-state index in [9.17, 15) is 32.3 Å². The molecule has 1 aliphatic carbocycles. The lowest BCUT2D eigenvalue weighted by Crippen LogP contribution is -2.51. The maximum atomic E-state index is 14.2. The molecule has 0 spiro atoms. The first-order valence-electron chi connectivity index (χ1n) is 18.0. The lowest BCUT2D eigenvalue weighted by Gasteiger charge is -2.40. The van der Waals surface area contributed by atoms with Crippen LogP contribution < -0.4 is 5.32 Å². The average molecular weight is 772 g/mol. The summed E-state index contributed by atoms with van der Waals surface area (Å²) in [6.07, 6.45) is -1.61. The molecule has 2 fully saturated rings. The molecule has 1 saturated carbocycles. The zero-order valence-corrected chi connectivity index (χ0v) is 32.7. The van der Waals surface area contributed by atoms with Gasteiger partial charge in [0.05, 0.1) is 24.3 Å². The molecule has 52 heavy (non-hydrogen) atoms. The number of carbonyl (C=O) groups is 4. The van der Waals surface area contributed by atoms with Gasteiger partial charge in [-0.2, -0.15) is 13.2 Å². The molecule has 0 unspecified atom stereocenters. The monoisotopic (exact) mass is 771 g/mol. The Morgan fingerprint density at radius 2 is 1.81 bits per heavy atom. The number of likely N-dealkylation sites (N-methyl/N-ethyl adjacent to an activating group) is 1. The minimum Gasteiger partial charge on any atom is -0.455 e. The number of morpholine rings is 1. The third kappa shape index (κ3) is 11.3. The molecule has 3 heterocycles. The van der Waals surface area contributed by atoms with Gasteiger partial charge in [0.25, 0.3) is 5.91 Å². The summed E-state index contributed by atoms with van der Waals surface area (Å²) in [5.74, 6) is -1.41. The summed E-state index contributed by atoms with van der Waals surface area (Å²) in [5.41, 5.74) is -0.865. The van der Waals surface area contributed by atoms with Crippen molar-refractivity contribution < 1.29 is 41.8 Å². The van der Waals surface area contributed by atoms with E-state index in [1.165, 1.54) is 6.92 Å². The van der Waals surface area contributed by atoms with Crippen LogP contribution >= 0.6 is 22.7 Å². The Balaban J connectivity index is 1.49. The lowest BCUT2D eigenvalue weighted by atomic mass is 9.72. The highest BCUT2D eigenvalue weighted by molar-refractivity contribution is 7.10. The van der Waals surface area contributed by atoms with E-state index in [1.54, 1.807) is 17.3 Å². The Labute approximate surface area is 312 Å². The van der Waals surface area contributed by atoms with Crippen LogP contribution in [0.3, 0.4) is 0 Å². The van der Waals surface area contributed by atoms with E-state index in [0.717, 1.165) is 47.3 Å². The number of amides is 2. The fraction of sp³-hybridized carbons (Fsp3) is 0.722. The zero-order valence-electron chi connectivity index (χ0n) is 31.0. The first kappa shape index (κ1) is 41.8. The second-order valence-corrected chi connectivity index (χ2v) is 16.7. The fourth-order valence-electron chi connectivity index (χ4n) is 6.90. The van der Waals surface area contributed by atoms with Crippen LogP contribution in [0.4, 0.5) is 13.2 Å². The Bertz CT molecular complexity index is 1530. The molecule has 0 radical (unpaired) electrons. The number of hydrogen-bond donors (Lipinski definition) is 1. The topological polar surface area (TPSA) is 131 Å². The molecular formula is C36H52F3N5O6S2. The number of aromatic nitrogens is 2. The SMILES string of the molecule is CC(=O)O[C@H](C[C@H](C(C)C)N(C)C(=O)[C@@H](CC(=O)[C@H]1COCCN1C)C1CCC1)c1nc(C(=O)N[C@@H](Cc2nc(C(F)(F)F)cs2)CC(C)C)cs1. The molecule has 2 amide bonds. The van der Waals surface area contributed by atoms with Gasteiger partial charge < -0.3 is 19.7 Å². The van der Waals surface area contributed by atoms with Gasteiger partial charge in [-0.05, 0) is 44.1 Å². The molecule has 11 nitrogen and oxygen atoms in total. The number of halogens is 3. The van der Waals surface area contributed by atoms with Crippen molar-refractivity contribution in [1.29, 1.82) is 0 Å². The van der Waals surface area contributed by atoms with Gasteiger partial charge in [-0.15, -0.1) is 22.7 Å². The molecule has 5 atom stereocenters. The van der Waals surface area contributed by atoms with Crippen LogP contribution in [0.5, 0.6) is 0 Å². The average Bonchev–Trinajstić information content (AvgIpc) is 3.71. The Morgan fingerprint density at radius 3 is 2.37 bits per heavy atom. The van der Waals surface area contributed by atoms with E-state index in [2.05, 4.69) is 15.3 Å². The third-order valence-corrected chi connectivity index (χ3v) is 11.8. The van der Waals surface area contributed by atoms with Crippen molar-refractivity contribution in [2.75, 3.05) is 33.9 Å². The van der Waals surface area contributed by atoms with E-state index in [0.29, 0.717) is 31.2 Å². The highest BCUT2D eigenvalue weighted by Gasteiger charge is 2.41. The van der Waals surface area contributed by atoms with Crippen molar-refractivity contribution in [2.45, 2.75) is 110 Å². The van der Waals surface area contributed by atoms with Gasteiger partial charge in [0.1, 0.15) is 10.7 Å². The molecule has 16 heteroatoms. The summed E-state index contributed by atoms with van der Waals surface area (Å²) in [7, 11) is 3.64. The number of rotatable bonds is 17. The van der Waals surface area contributed by atoms with Gasteiger partial charge in [0.2, 0.25) is 5.91 Å². The molecule has 1 saturated heterocycles. The van der Waals surface area contributed by atoms with E-state index in [1.807, 2.05) is 39.6 Å². The summed E-state index contributed by atoms with van der Waals surface area (Å²) in [5, 5.41) is 6.09. The molecular weight excluding hydrogens is 720 g/mol. The molecule has 290 valence electrons. The second kappa shape index (κ2) is 18.4. The van der Waals surface area contributed by atoms with Crippen LogP contribution in [-0.2, 0) is 36.5 Å². The van der Waals surface area contributed by atoms with Crippen molar-refractivity contribution in [3.05, 3.63) is 32.2 Å². The maximum absolute atomic E-state index is 14.2. The molecule has 2 aliphatic rings. The highest BCUT2D eigenvalue weighted by atomic mass is 32.1. The summed E-state index contributed by atoms with van der Waals surface area (Å²) >= 11 is 2.05. The fourth-order valence-corrected chi connectivity index (χ4v) is 8.63. The molecule has 2 aromatic heterocycles. The first-order valence-corrected chi connectivity index (χ1v) is 19.7. The van der Waals surface area contributed by atoms with Crippen molar-refractivity contribution >= 4 is 46.2 Å². The predicted octanol–water partition coefficient (Wildman–Crippen LogP) is 6.19. The van der Waals surface area contributed by atoms with E-state index >= 15 is 0 Å². The molecule has 4 rings (SSSR count). The number of nitrogens with zero attached hydrogens (tertiary/aromatic N) is 4. The number of ether oxygens (including phenoxy) is 2. The third-order valence-electron chi connectivity index (χ3n) is 9.99. The smallest absolute Gasteiger partial charge is 0.434 e. The van der Waals surface area contributed by atoms with Gasteiger partial charge in [-0.1, -0.05) is 34.1 Å². The van der Waals surface area contributed by atoms with Gasteiger partial charge in [0.15, 0.2) is 17.6 Å². The molecule has 0 aromatic carbocycles. The predicted molar refractivity (Wildman–Crippen MR) is 192 cm³/mol. The van der Waals surface area contributed by atoms with E-state index in [-0.39, 0.29) is 71.5 Å². The highest BCUT2D eigenvalue weighted by Crippen LogP contribution is 2.38. The standard InChI is InChI=1S/C36H52F3N5O6S2/c1-20(2)13-24(14-32-42-31(19-51-32)36(37,38)39)40-33(47)26-18-52-34(41-26)30(50-22(5)45)16-27(21(3)4)44(7)35(48)25(23-9-8-10-23)15-29(46)28-17-49-12-11-43(28)6/h18-21,23-25,27-28,30H,8-17H2,1-7H3,(H,40,47)/t24-,25+,27-,28-,30-/m1/s1. The van der Waals surface area contributed by atoms with Crippen LogP contribution in [0.1, 0.15) is 105 Å². The van der Waals surface area contributed by atoms with Crippen molar-refractivity contribution in [1.82, 2.24) is 25.1 Å². The molecule has 1 aliphatic heterocycles. The van der Waals surface area contributed by atoms with Gasteiger partial charge in [-0.3, -0.25) is 24.1 Å². The summed E-state index contributed by atoms with van der Waals surface area (Å²) in [6.45, 7) is 10.7. The summed E-state index contributed by atoms with van der Waals surface area (Å²) in [6, 6.07) is -1.25. The van der Waals surface area contributed by atoms with Crippen LogP contribution in [0.15, 0.2) is 10.8 Å². The number of Topliss-reactive ketones (excluding diaryl/α,β-unsaturated/α-hetero) is 1. The molecule has 2 aromatic rings. The van der Waals surface area contributed by atoms with Crippen LogP contribution in [0.2, 0.25) is 0 Å². The van der Waals surface area contributed by atoms with Crippen LogP contribution in [0.25, 0.3) is 0 Å². The number of alkyl halides is 3. The molecule has 1 N–H and O–H groups in total. The summed E-state index contributed by atoms with van der Waals surface area (Å²) in [4.78, 5) is 65.3. The number of thiazole rings is 2. The Kier molecular flexibility index (Phi) is 14.8. The zero-order chi connectivity index (χ0) is 38.3. The van der Waals surface area contributed by atoms with Crippen molar-refractivity contribution in [3.8, 4) is 0 Å². The van der Waals surface area contributed by atoms with Crippen LogP contribution in [0, 0.1) is 23.7 Å². The number of carbonyl (C=O) groups excluding carboxylic acids is 4. The van der Waals surface area contributed by atoms with Crippen LogP contribution in [-0.4, -0.2) is 95.3 Å². The van der Waals surface area contributed by atoms with E-state index < -0.39 is 41.8 Å². The number of esters is 1. The quantitative estimate of drug-likeness (QED) is 0.187. The largest absolute Gasteiger partial charge is 0.455 e. The Morgan fingerprint density at radius 1 is 1.10 bits per heavy atom. The van der Waals surface area contributed by atoms with Crippen molar-refractivity contribution in [3.63, 3.8) is 0 Å². The number of hydrogen-bond acceptors (Lipinski definition) is 11. The first-order chi connectivity index (χ1) is 24.4. The Hall–Kier alpha value is -2.95. The lowest BCUT2D eigenvalue weighted by molar-refractivity contribution is -0.150. The minimum atomic E-state index is -4.54. The summed E-state index contributed by atoms with van der Waals surface area (Å²) < 4.78 is 50.7. The number of nitrogens with one attached hydrogen (secondary N) is 1. The van der Waals surface area contributed by atoms with Gasteiger partial charge in [-0.25, -0.2) is 9.97 Å². The normalized spacial score (nSPS) is 19.5. The molecule has 0 bridgehead atoms. The van der Waals surface area contributed by atoms with Gasteiger partial charge >= 0.3 is 12.1 Å². The van der Waals surface area contributed by atoms with Gasteiger partial charge in [0, 0.05) is 68.5 Å². The minimum absolute atomic E-state index is 0.00155. The van der Waals surface area contributed by atoms with E-state index in [4.69, 9.17) is 9.47 Å². The van der Waals surface area contributed by atoms with Crippen molar-refractivity contribution in [2.24, 2.45) is 23.7 Å². The maximum Gasteiger partial charge on any atom is 0.434 e.